The minimum atomic E-state index is -0.684. The molecule has 13 nitrogen and oxygen atoms in total. The Bertz CT molecular complexity index is 1980. The van der Waals surface area contributed by atoms with Crippen molar-refractivity contribution >= 4 is 67.8 Å². The average molecular weight is 840 g/mol. The van der Waals surface area contributed by atoms with E-state index in [4.69, 9.17) is 14.9 Å². The van der Waals surface area contributed by atoms with Gasteiger partial charge in [-0.05, 0) is 38.0 Å². The molecule has 3 saturated heterocycles. The first-order valence-electron chi connectivity index (χ1n) is 19.6. The van der Waals surface area contributed by atoms with E-state index in [0.717, 1.165) is 102 Å². The van der Waals surface area contributed by atoms with Crippen LogP contribution in [0.5, 0.6) is 5.75 Å². The largest absolute Gasteiger partial charge is 0.492 e. The van der Waals surface area contributed by atoms with Crippen LogP contribution in [0.15, 0.2) is 66.7 Å². The monoisotopic (exact) mass is 839 g/mol. The summed E-state index contributed by atoms with van der Waals surface area (Å²) in [6.45, 7) is 16.5. The first-order chi connectivity index (χ1) is 27.3. The van der Waals surface area contributed by atoms with Gasteiger partial charge in [0.2, 0.25) is 0 Å². The minimum absolute atomic E-state index is 0.179. The Morgan fingerprint density at radius 1 is 0.842 bits per heavy atom. The van der Waals surface area contributed by atoms with Gasteiger partial charge in [-0.2, -0.15) is 5.10 Å². The van der Waals surface area contributed by atoms with Crippen molar-refractivity contribution < 1.29 is 27.2 Å². The summed E-state index contributed by atoms with van der Waals surface area (Å²) in [7, 11) is -2.19. The molecule has 0 spiro atoms. The molecule has 3 fully saturated rings. The molecule has 310 valence electrons. The van der Waals surface area contributed by atoms with Crippen molar-refractivity contribution in [2.24, 2.45) is 0 Å². The summed E-state index contributed by atoms with van der Waals surface area (Å²) in [6.07, 6.45) is 0. The zero-order valence-corrected chi connectivity index (χ0v) is 36.3. The Balaban J connectivity index is 0.000000299. The van der Waals surface area contributed by atoms with Crippen LogP contribution in [0.25, 0.3) is 16.5 Å². The number of hydrogen-bond acceptors (Lipinski definition) is 10. The van der Waals surface area contributed by atoms with Gasteiger partial charge in [0.1, 0.15) is 18.2 Å². The lowest BCUT2D eigenvalue weighted by Crippen LogP contribution is -2.45. The first kappa shape index (κ1) is 44.7. The highest BCUT2D eigenvalue weighted by Crippen LogP contribution is 2.32. The smallest absolute Gasteiger partial charge is 0.376 e. The molecule has 4 N–H and O–H groups in total. The van der Waals surface area contributed by atoms with E-state index in [9.17, 15) is 17.4 Å². The second-order valence-corrected chi connectivity index (χ2v) is 20.4. The molecule has 0 bridgehead atoms. The van der Waals surface area contributed by atoms with E-state index in [1.165, 1.54) is 0 Å². The summed E-state index contributed by atoms with van der Waals surface area (Å²) in [6, 6.07) is 21.3. The molecule has 0 aliphatic carbocycles. The van der Waals surface area contributed by atoms with E-state index in [1.807, 2.05) is 78.5 Å². The molecule has 0 saturated carbocycles. The molecule has 0 atom stereocenters. The number of anilines is 2. The van der Waals surface area contributed by atoms with Crippen LogP contribution in [-0.4, -0.2) is 137 Å². The van der Waals surface area contributed by atoms with Crippen molar-refractivity contribution in [1.29, 1.82) is 0 Å². The van der Waals surface area contributed by atoms with Crippen LogP contribution in [-0.2, 0) is 37.8 Å². The Kier molecular flexibility index (Phi) is 16.9. The van der Waals surface area contributed by atoms with Gasteiger partial charge in [0, 0.05) is 135 Å². The fourth-order valence-corrected chi connectivity index (χ4v) is 9.46. The zero-order valence-electron chi connectivity index (χ0n) is 33.8. The lowest BCUT2D eigenvalue weighted by molar-refractivity contribution is 0.222. The van der Waals surface area contributed by atoms with Gasteiger partial charge in [0.15, 0.2) is 0 Å². The third-order valence-corrected chi connectivity index (χ3v) is 13.7. The number of carbonyl (C=O) groups excluding carboxylic acids is 1. The second kappa shape index (κ2) is 21.5. The number of amides is 2. The van der Waals surface area contributed by atoms with Gasteiger partial charge in [-0.3, -0.25) is 22.8 Å². The third kappa shape index (κ3) is 13.8. The molecule has 57 heavy (non-hydrogen) atoms. The Labute approximate surface area is 345 Å². The number of ether oxygens (including phenoxy) is 1. The standard InChI is InChI=1S/C31H37N5O3S.C5H12BNO2S.C4H9NOS/c1-22-9-11-23(12-10-22)36-29(21-28(34-36)31(2,3)4)33-30(37)32-26-13-14-27(25-8-6-5-7-24(25)26)39-18-15-35-16-19-40(38)20-17-35;1-6(8)7-2-4-10(9)5-3-7;6-7-3-1-5-2-4-7/h5-14,21H,15-20H2,1-4H3,(H2,32,33,37);8H,2-5H2,1H3;5H,1-4H2. The highest BCUT2D eigenvalue weighted by Gasteiger charge is 2.23. The summed E-state index contributed by atoms with van der Waals surface area (Å²) < 4.78 is 40.9. The summed E-state index contributed by atoms with van der Waals surface area (Å²) >= 11 is 0. The molecule has 3 aliphatic heterocycles. The molecule has 3 aromatic carbocycles. The van der Waals surface area contributed by atoms with E-state index < -0.39 is 32.4 Å². The van der Waals surface area contributed by atoms with Crippen molar-refractivity contribution in [3.63, 3.8) is 0 Å². The SMILES string of the molecule is CB(O)N1CCS(=O)CC1.Cc1ccc(-n2nc(C(C)(C)C)cc2NC(=O)Nc2ccc(OCCN3CCS(=O)CC3)c3ccccc23)cc1.O=S1CCNCC1. The summed E-state index contributed by atoms with van der Waals surface area (Å²) in [4.78, 5) is 17.5. The number of aromatic nitrogens is 2. The van der Waals surface area contributed by atoms with Crippen molar-refractivity contribution in [2.75, 3.05) is 97.6 Å². The van der Waals surface area contributed by atoms with Crippen molar-refractivity contribution in [1.82, 2.24) is 24.8 Å². The molecule has 0 radical (unpaired) electrons. The van der Waals surface area contributed by atoms with Gasteiger partial charge in [-0.25, -0.2) is 9.48 Å². The van der Waals surface area contributed by atoms with Crippen LogP contribution < -0.4 is 20.7 Å². The maximum atomic E-state index is 13.3. The van der Waals surface area contributed by atoms with E-state index in [2.05, 4.69) is 41.6 Å². The first-order valence-corrected chi connectivity index (χ1v) is 24.0. The molecule has 3 aliphatic rings. The number of carbonyl (C=O) groups is 1. The highest BCUT2D eigenvalue weighted by atomic mass is 32.2. The average Bonchev–Trinajstić information content (AvgIpc) is 3.62. The number of urea groups is 1. The number of aryl methyl sites for hydroxylation is 1. The van der Waals surface area contributed by atoms with Crippen LogP contribution in [0.3, 0.4) is 0 Å². The second-order valence-electron chi connectivity index (χ2n) is 15.3. The fraction of sp³-hybridized carbons (Fsp3) is 0.500. The molecule has 7 rings (SSSR count). The number of fused-ring (bicyclic) bond motifs is 1. The normalized spacial score (nSPS) is 17.5. The Morgan fingerprint density at radius 2 is 1.44 bits per heavy atom. The van der Waals surface area contributed by atoms with Crippen molar-refractivity contribution in [3.8, 4) is 11.4 Å². The predicted octanol–water partition coefficient (Wildman–Crippen LogP) is 4.22. The quantitative estimate of drug-likeness (QED) is 0.190. The summed E-state index contributed by atoms with van der Waals surface area (Å²) in [5, 5.41) is 24.9. The maximum Gasteiger partial charge on any atom is 0.376 e. The van der Waals surface area contributed by atoms with Crippen LogP contribution in [0.2, 0.25) is 6.82 Å². The summed E-state index contributed by atoms with van der Waals surface area (Å²) in [5.41, 5.74) is 3.43. The van der Waals surface area contributed by atoms with Gasteiger partial charge >= 0.3 is 13.1 Å². The molecular weight excluding hydrogens is 781 g/mol. The van der Waals surface area contributed by atoms with Crippen LogP contribution in [0, 0.1) is 6.92 Å². The van der Waals surface area contributed by atoms with Crippen molar-refractivity contribution in [3.05, 3.63) is 78.0 Å². The number of nitrogens with zero attached hydrogens (tertiary/aromatic N) is 4. The topological polar surface area (TPSA) is 158 Å². The lowest BCUT2D eigenvalue weighted by Gasteiger charge is -2.26. The van der Waals surface area contributed by atoms with Crippen LogP contribution >= 0.6 is 0 Å². The summed E-state index contributed by atoms with van der Waals surface area (Å²) in [5.74, 6) is 5.95. The molecule has 0 unspecified atom stereocenters. The van der Waals surface area contributed by atoms with E-state index in [-0.39, 0.29) is 18.5 Å². The van der Waals surface area contributed by atoms with Gasteiger partial charge in [-0.15, -0.1) is 0 Å². The lowest BCUT2D eigenvalue weighted by atomic mass is 9.85. The minimum Gasteiger partial charge on any atom is -0.492 e. The van der Waals surface area contributed by atoms with E-state index >= 15 is 0 Å². The van der Waals surface area contributed by atoms with E-state index in [0.29, 0.717) is 29.6 Å². The fourth-order valence-electron chi connectivity index (χ4n) is 6.30. The number of nitrogens with one attached hydrogen (secondary N) is 3. The van der Waals surface area contributed by atoms with Crippen molar-refractivity contribution in [2.45, 2.75) is 39.9 Å². The van der Waals surface area contributed by atoms with Crippen LogP contribution in [0.1, 0.15) is 32.0 Å². The number of hydrogen-bond donors (Lipinski definition) is 4. The molecular formula is C40H58BN7O6S3. The third-order valence-electron chi connectivity index (χ3n) is 9.82. The van der Waals surface area contributed by atoms with Gasteiger partial charge in [0.25, 0.3) is 0 Å². The highest BCUT2D eigenvalue weighted by molar-refractivity contribution is 7.85. The Hall–Kier alpha value is -3.45. The molecule has 4 heterocycles. The zero-order chi connectivity index (χ0) is 41.0. The van der Waals surface area contributed by atoms with Gasteiger partial charge < -0.3 is 25.2 Å². The molecule has 17 heteroatoms. The predicted molar refractivity (Wildman–Crippen MR) is 237 cm³/mol. The van der Waals surface area contributed by atoms with Crippen LogP contribution in [0.4, 0.5) is 16.3 Å². The maximum absolute atomic E-state index is 13.3. The number of rotatable bonds is 8. The molecule has 1 aromatic heterocycles. The van der Waals surface area contributed by atoms with Gasteiger partial charge in [-0.1, -0.05) is 62.7 Å². The molecule has 2 amide bonds. The van der Waals surface area contributed by atoms with E-state index in [1.54, 1.807) is 11.5 Å². The van der Waals surface area contributed by atoms with Gasteiger partial charge in [0.05, 0.1) is 17.1 Å². The number of benzene rings is 3. The molecule has 4 aromatic rings. The Morgan fingerprint density at radius 3 is 2.02 bits per heavy atom.